The molecule has 0 radical (unpaired) electrons. The normalized spacial score (nSPS) is 10.9. The van der Waals surface area contributed by atoms with E-state index in [1.165, 1.54) is 5.54 Å². The average molecular weight is 263 g/mol. The molecule has 0 aliphatic heterocycles. The van der Waals surface area contributed by atoms with Crippen molar-refractivity contribution in [2.45, 2.75) is 0 Å². The van der Waals surface area contributed by atoms with E-state index in [9.17, 15) is 0 Å². The number of rotatable bonds is 3. The van der Waals surface area contributed by atoms with E-state index in [2.05, 4.69) is 0 Å². The van der Waals surface area contributed by atoms with E-state index >= 15 is 0 Å². The van der Waals surface area contributed by atoms with Crippen molar-refractivity contribution in [3.05, 3.63) is 39.4 Å². The molecule has 0 unspecified atom stereocenters. The standard InChI is InChI=1S/C10H6Cl3NO/c11-4-8(12)6-15-9-2-1-7(5-14)10(13)3-9/h1-4H,6H2/b8-4+. The van der Waals surface area contributed by atoms with Crippen LogP contribution in [0.3, 0.4) is 0 Å². The minimum Gasteiger partial charge on any atom is -0.488 e. The van der Waals surface area contributed by atoms with Crippen molar-refractivity contribution < 1.29 is 4.74 Å². The summed E-state index contributed by atoms with van der Waals surface area (Å²) in [5.74, 6) is 0.538. The summed E-state index contributed by atoms with van der Waals surface area (Å²) in [5.41, 5.74) is 1.63. The van der Waals surface area contributed by atoms with Crippen LogP contribution in [0.5, 0.6) is 5.75 Å². The molecule has 15 heavy (non-hydrogen) atoms. The highest BCUT2D eigenvalue weighted by Crippen LogP contribution is 2.22. The molecule has 0 amide bonds. The summed E-state index contributed by atoms with van der Waals surface area (Å²) in [4.78, 5) is 0. The van der Waals surface area contributed by atoms with Gasteiger partial charge in [-0.25, -0.2) is 0 Å². The molecule has 0 bridgehead atoms. The summed E-state index contributed by atoms with van der Waals surface area (Å²) in [6.45, 7) is 0.174. The van der Waals surface area contributed by atoms with Crippen molar-refractivity contribution in [1.29, 1.82) is 5.26 Å². The van der Waals surface area contributed by atoms with Crippen molar-refractivity contribution in [1.82, 2.24) is 0 Å². The summed E-state index contributed by atoms with van der Waals surface area (Å²) < 4.78 is 5.26. The Kier molecular flexibility index (Phi) is 4.77. The highest BCUT2D eigenvalue weighted by atomic mass is 35.5. The van der Waals surface area contributed by atoms with Crippen molar-refractivity contribution in [2.24, 2.45) is 0 Å². The largest absolute Gasteiger partial charge is 0.488 e. The summed E-state index contributed by atoms with van der Waals surface area (Å²) in [6, 6.07) is 6.73. The lowest BCUT2D eigenvalue weighted by atomic mass is 10.2. The van der Waals surface area contributed by atoms with Gasteiger partial charge in [0.15, 0.2) is 0 Å². The number of nitrogens with zero attached hydrogens (tertiary/aromatic N) is 1. The van der Waals surface area contributed by atoms with Gasteiger partial charge >= 0.3 is 0 Å². The summed E-state index contributed by atoms with van der Waals surface area (Å²) >= 11 is 16.8. The minimum atomic E-state index is 0.174. The van der Waals surface area contributed by atoms with Crippen LogP contribution in [0.25, 0.3) is 0 Å². The van der Waals surface area contributed by atoms with Gasteiger partial charge in [0.2, 0.25) is 0 Å². The van der Waals surface area contributed by atoms with Crippen LogP contribution in [0.2, 0.25) is 5.02 Å². The molecular weight excluding hydrogens is 256 g/mol. The Balaban J connectivity index is 2.73. The lowest BCUT2D eigenvalue weighted by Crippen LogP contribution is -1.96. The third-order valence-corrected chi connectivity index (χ3v) is 2.46. The molecule has 0 N–H and O–H groups in total. The van der Waals surface area contributed by atoms with Gasteiger partial charge < -0.3 is 4.74 Å². The summed E-state index contributed by atoms with van der Waals surface area (Å²) in [7, 11) is 0. The summed E-state index contributed by atoms with van der Waals surface area (Å²) in [6.07, 6.45) is 0. The average Bonchev–Trinajstić information content (AvgIpc) is 2.26. The topological polar surface area (TPSA) is 33.0 Å². The fourth-order valence-corrected chi connectivity index (χ4v) is 1.19. The molecule has 1 rings (SSSR count). The van der Waals surface area contributed by atoms with Gasteiger partial charge in [0.1, 0.15) is 18.4 Å². The monoisotopic (exact) mass is 261 g/mol. The Morgan fingerprint density at radius 2 is 2.27 bits per heavy atom. The van der Waals surface area contributed by atoms with Crippen LogP contribution in [-0.2, 0) is 0 Å². The van der Waals surface area contributed by atoms with Gasteiger partial charge in [-0.2, -0.15) is 5.26 Å². The van der Waals surface area contributed by atoms with Crippen LogP contribution >= 0.6 is 34.8 Å². The van der Waals surface area contributed by atoms with Crippen molar-refractivity contribution in [3.8, 4) is 11.8 Å². The maximum atomic E-state index is 8.64. The lowest BCUT2D eigenvalue weighted by molar-refractivity contribution is 0.359. The fraction of sp³-hybridized carbons (Fsp3) is 0.100. The number of hydrogen-bond acceptors (Lipinski definition) is 2. The van der Waals surface area contributed by atoms with Crippen LogP contribution in [0, 0.1) is 11.3 Å². The van der Waals surface area contributed by atoms with E-state index in [-0.39, 0.29) is 6.61 Å². The smallest absolute Gasteiger partial charge is 0.125 e. The van der Waals surface area contributed by atoms with Gasteiger partial charge in [-0.05, 0) is 12.1 Å². The molecule has 0 atom stereocenters. The lowest BCUT2D eigenvalue weighted by Gasteiger charge is -2.05. The van der Waals surface area contributed by atoms with Gasteiger partial charge in [0.05, 0.1) is 15.6 Å². The molecule has 0 aliphatic carbocycles. The van der Waals surface area contributed by atoms with Crippen molar-refractivity contribution >= 4 is 34.8 Å². The van der Waals surface area contributed by atoms with E-state index in [1.807, 2.05) is 6.07 Å². The minimum absolute atomic E-state index is 0.174. The van der Waals surface area contributed by atoms with Crippen LogP contribution < -0.4 is 4.74 Å². The second kappa shape index (κ2) is 5.87. The molecule has 0 fully saturated rings. The first kappa shape index (κ1) is 12.2. The molecule has 78 valence electrons. The Morgan fingerprint density at radius 1 is 1.53 bits per heavy atom. The molecule has 0 aromatic heterocycles. The molecule has 5 heteroatoms. The number of halogens is 3. The predicted octanol–water partition coefficient (Wildman–Crippen LogP) is 3.91. The zero-order chi connectivity index (χ0) is 11.3. The van der Waals surface area contributed by atoms with Gasteiger partial charge in [0.25, 0.3) is 0 Å². The molecule has 1 aromatic rings. The highest BCUT2D eigenvalue weighted by Gasteiger charge is 2.02. The maximum Gasteiger partial charge on any atom is 0.125 e. The molecular formula is C10H6Cl3NO. The molecule has 0 saturated carbocycles. The molecule has 2 nitrogen and oxygen atoms in total. The molecule has 1 aromatic carbocycles. The molecule has 0 aliphatic rings. The Morgan fingerprint density at radius 3 is 2.80 bits per heavy atom. The number of nitriles is 1. The van der Waals surface area contributed by atoms with E-state index < -0.39 is 0 Å². The van der Waals surface area contributed by atoms with Gasteiger partial charge in [-0.3, -0.25) is 0 Å². The third-order valence-electron chi connectivity index (χ3n) is 1.56. The van der Waals surface area contributed by atoms with E-state index in [0.717, 1.165) is 0 Å². The first-order chi connectivity index (χ1) is 7.17. The maximum absolute atomic E-state index is 8.64. The molecule has 0 spiro atoms. The fourth-order valence-electron chi connectivity index (χ4n) is 0.860. The molecule has 0 saturated heterocycles. The van der Waals surface area contributed by atoms with Crippen molar-refractivity contribution in [3.63, 3.8) is 0 Å². The predicted molar refractivity (Wildman–Crippen MR) is 61.5 cm³/mol. The first-order valence-electron chi connectivity index (χ1n) is 3.94. The SMILES string of the molecule is N#Cc1ccc(OC/C(Cl)=C\Cl)cc1Cl. The number of benzene rings is 1. The highest BCUT2D eigenvalue weighted by molar-refractivity contribution is 6.36. The zero-order valence-corrected chi connectivity index (χ0v) is 9.77. The van der Waals surface area contributed by atoms with E-state index in [1.54, 1.807) is 18.2 Å². The first-order valence-corrected chi connectivity index (χ1v) is 5.14. The van der Waals surface area contributed by atoms with Crippen LogP contribution in [-0.4, -0.2) is 6.61 Å². The number of ether oxygens (including phenoxy) is 1. The second-order valence-corrected chi connectivity index (χ2v) is 3.71. The van der Waals surface area contributed by atoms with Crippen LogP contribution in [0.15, 0.2) is 28.8 Å². The molecule has 0 heterocycles. The Bertz CT molecular complexity index is 423. The van der Waals surface area contributed by atoms with Gasteiger partial charge in [-0.15, -0.1) is 0 Å². The number of hydrogen-bond donors (Lipinski definition) is 0. The van der Waals surface area contributed by atoms with Crippen LogP contribution in [0.4, 0.5) is 0 Å². The van der Waals surface area contributed by atoms with Crippen LogP contribution in [0.1, 0.15) is 5.56 Å². The van der Waals surface area contributed by atoms with Gasteiger partial charge in [-0.1, -0.05) is 34.8 Å². The van der Waals surface area contributed by atoms with Gasteiger partial charge in [0, 0.05) is 11.6 Å². The summed E-state index contributed by atoms with van der Waals surface area (Å²) in [5, 5.41) is 9.38. The zero-order valence-electron chi connectivity index (χ0n) is 7.51. The van der Waals surface area contributed by atoms with E-state index in [4.69, 9.17) is 44.8 Å². The van der Waals surface area contributed by atoms with E-state index in [0.29, 0.717) is 21.4 Å². The quantitative estimate of drug-likeness (QED) is 0.827. The Hall–Kier alpha value is -0.880. The van der Waals surface area contributed by atoms with Crippen molar-refractivity contribution in [2.75, 3.05) is 6.61 Å². The second-order valence-electron chi connectivity index (χ2n) is 2.60. The third kappa shape index (κ3) is 3.64. The Labute approximate surface area is 103 Å².